The SMILES string of the molecule is N#Cc1ccc2cc(O)c(N3CC(O)NS3(O)O)cc2c1. The summed E-state index contributed by atoms with van der Waals surface area (Å²) < 4.78 is 23.2. The third-order valence-corrected chi connectivity index (χ3v) is 4.82. The highest BCUT2D eigenvalue weighted by atomic mass is 32.3. The number of benzene rings is 2. The van der Waals surface area contributed by atoms with E-state index in [9.17, 15) is 19.3 Å². The average Bonchev–Trinajstić information content (AvgIpc) is 2.70. The molecule has 0 aromatic heterocycles. The maximum atomic E-state index is 10.1. The lowest BCUT2D eigenvalue weighted by molar-refractivity contribution is 0.182. The van der Waals surface area contributed by atoms with E-state index in [2.05, 4.69) is 4.72 Å². The lowest BCUT2D eigenvalue weighted by atomic mass is 10.1. The molecule has 0 radical (unpaired) electrons. The van der Waals surface area contributed by atoms with Crippen molar-refractivity contribution in [1.29, 1.82) is 5.26 Å². The predicted molar refractivity (Wildman–Crippen MR) is 79.7 cm³/mol. The number of rotatable bonds is 1. The summed E-state index contributed by atoms with van der Waals surface area (Å²) in [6.07, 6.45) is -1.10. The van der Waals surface area contributed by atoms with Crippen LogP contribution in [0.4, 0.5) is 5.69 Å². The Morgan fingerprint density at radius 2 is 2.00 bits per heavy atom. The van der Waals surface area contributed by atoms with E-state index in [1.165, 1.54) is 6.07 Å². The first kappa shape index (κ1) is 13.9. The molecule has 3 rings (SSSR count). The Kier molecular flexibility index (Phi) is 3.16. The second-order valence-corrected chi connectivity index (χ2v) is 6.44. The molecule has 1 fully saturated rings. The first-order valence-electron chi connectivity index (χ1n) is 6.09. The number of aliphatic hydroxyl groups is 1. The lowest BCUT2D eigenvalue weighted by Gasteiger charge is -2.36. The number of anilines is 1. The molecule has 8 heteroatoms. The van der Waals surface area contributed by atoms with Crippen LogP contribution in [-0.4, -0.2) is 32.1 Å². The van der Waals surface area contributed by atoms with Crippen LogP contribution < -0.4 is 9.03 Å². The summed E-state index contributed by atoms with van der Waals surface area (Å²) in [7, 11) is -3.39. The lowest BCUT2D eigenvalue weighted by Crippen LogP contribution is -2.25. The van der Waals surface area contributed by atoms with Crippen LogP contribution in [-0.2, 0) is 0 Å². The largest absolute Gasteiger partial charge is 0.506 e. The minimum absolute atomic E-state index is 0.0701. The number of fused-ring (bicyclic) bond motifs is 1. The molecule has 2 aromatic rings. The molecule has 0 amide bonds. The van der Waals surface area contributed by atoms with Crippen LogP contribution in [0.5, 0.6) is 5.75 Å². The first-order chi connectivity index (χ1) is 9.90. The van der Waals surface area contributed by atoms with Gasteiger partial charge in [0, 0.05) is 0 Å². The van der Waals surface area contributed by atoms with Crippen LogP contribution in [0, 0.1) is 11.3 Å². The zero-order valence-electron chi connectivity index (χ0n) is 10.8. The fourth-order valence-corrected chi connectivity index (χ4v) is 3.66. The van der Waals surface area contributed by atoms with Crippen molar-refractivity contribution in [3.05, 3.63) is 35.9 Å². The van der Waals surface area contributed by atoms with E-state index in [0.717, 1.165) is 9.69 Å². The molecule has 0 spiro atoms. The molecule has 1 saturated heterocycles. The minimum Gasteiger partial charge on any atom is -0.506 e. The number of phenolic OH excluding ortho intramolecular Hbond substituents is 1. The third-order valence-electron chi connectivity index (χ3n) is 3.27. The summed E-state index contributed by atoms with van der Waals surface area (Å²) in [4.78, 5) is 0. The fraction of sp³-hybridized carbons (Fsp3) is 0.154. The Hall–Kier alpha value is -2.02. The van der Waals surface area contributed by atoms with E-state index >= 15 is 0 Å². The van der Waals surface area contributed by atoms with Crippen molar-refractivity contribution in [2.24, 2.45) is 0 Å². The first-order valence-corrected chi connectivity index (χ1v) is 7.59. The molecule has 0 saturated carbocycles. The smallest absolute Gasteiger partial charge is 0.142 e. The minimum atomic E-state index is -3.39. The van der Waals surface area contributed by atoms with Gasteiger partial charge >= 0.3 is 0 Å². The van der Waals surface area contributed by atoms with Gasteiger partial charge in [0.2, 0.25) is 0 Å². The number of aliphatic hydroxyl groups excluding tert-OH is 1. The zero-order valence-corrected chi connectivity index (χ0v) is 11.6. The number of nitrogens with zero attached hydrogens (tertiary/aromatic N) is 2. The maximum absolute atomic E-state index is 10.1. The Balaban J connectivity index is 2.14. The third kappa shape index (κ3) is 2.37. The van der Waals surface area contributed by atoms with Gasteiger partial charge < -0.3 is 10.2 Å². The molecule has 1 unspecified atom stereocenters. The summed E-state index contributed by atoms with van der Waals surface area (Å²) in [6.45, 7) is -0.0701. The van der Waals surface area contributed by atoms with Crippen molar-refractivity contribution in [1.82, 2.24) is 4.72 Å². The second kappa shape index (κ2) is 4.77. The van der Waals surface area contributed by atoms with Crippen molar-refractivity contribution in [2.45, 2.75) is 6.23 Å². The molecule has 0 aliphatic carbocycles. The summed E-state index contributed by atoms with van der Waals surface area (Å²) in [5.74, 6) is -0.136. The predicted octanol–water partition coefficient (Wildman–Crippen LogP) is 1.73. The molecule has 110 valence electrons. The van der Waals surface area contributed by atoms with E-state index in [-0.39, 0.29) is 18.0 Å². The molecule has 1 atom stereocenters. The van der Waals surface area contributed by atoms with Crippen molar-refractivity contribution < 1.29 is 19.3 Å². The Labute approximate surface area is 122 Å². The highest BCUT2D eigenvalue weighted by Crippen LogP contribution is 2.50. The summed E-state index contributed by atoms with van der Waals surface area (Å²) in [5.41, 5.74) is 0.645. The molecule has 2 aromatic carbocycles. The van der Waals surface area contributed by atoms with Crippen LogP contribution in [0.15, 0.2) is 30.3 Å². The van der Waals surface area contributed by atoms with E-state index in [0.29, 0.717) is 10.9 Å². The molecule has 1 heterocycles. The van der Waals surface area contributed by atoms with Crippen molar-refractivity contribution in [2.75, 3.05) is 10.8 Å². The number of hydrogen-bond donors (Lipinski definition) is 5. The van der Waals surface area contributed by atoms with Crippen LogP contribution in [0.3, 0.4) is 0 Å². The Morgan fingerprint density at radius 3 is 2.62 bits per heavy atom. The van der Waals surface area contributed by atoms with Gasteiger partial charge in [-0.25, -0.2) is 0 Å². The molecule has 5 N–H and O–H groups in total. The van der Waals surface area contributed by atoms with E-state index in [1.807, 2.05) is 6.07 Å². The van der Waals surface area contributed by atoms with Crippen LogP contribution in [0.2, 0.25) is 0 Å². The van der Waals surface area contributed by atoms with Crippen LogP contribution in [0.25, 0.3) is 10.8 Å². The van der Waals surface area contributed by atoms with Crippen molar-refractivity contribution in [3.63, 3.8) is 0 Å². The molecular formula is C13H13N3O4S. The zero-order chi connectivity index (χ0) is 15.2. The summed E-state index contributed by atoms with van der Waals surface area (Å²) in [6, 6.07) is 10.0. The topological polar surface area (TPSA) is 120 Å². The van der Waals surface area contributed by atoms with Gasteiger partial charge in [0.15, 0.2) is 0 Å². The van der Waals surface area contributed by atoms with E-state index in [4.69, 9.17) is 5.26 Å². The molecule has 1 aliphatic rings. The monoisotopic (exact) mass is 307 g/mol. The quantitative estimate of drug-likeness (QED) is 0.544. The summed E-state index contributed by atoms with van der Waals surface area (Å²) in [5, 5.41) is 29.9. The summed E-state index contributed by atoms with van der Waals surface area (Å²) >= 11 is 0. The standard InChI is InChI=1S/C13H13N3O4S/c14-6-8-1-2-9-5-12(17)11(4-10(9)3-8)16-7-13(18)15-21(16,19)20/h1-5,13,15,17-20H,7H2. The van der Waals surface area contributed by atoms with E-state index in [1.54, 1.807) is 24.3 Å². The van der Waals surface area contributed by atoms with Gasteiger partial charge in [-0.3, -0.25) is 13.4 Å². The number of phenols is 1. The van der Waals surface area contributed by atoms with Gasteiger partial charge in [-0.1, -0.05) is 17.0 Å². The number of β-amino-alcohol motifs (C(OH)–C–C–N with tert-alkyl or cyclic N) is 1. The second-order valence-electron chi connectivity index (χ2n) is 4.73. The molecule has 7 nitrogen and oxygen atoms in total. The number of nitriles is 1. The van der Waals surface area contributed by atoms with Crippen LogP contribution >= 0.6 is 11.0 Å². The Bertz CT molecular complexity index is 759. The van der Waals surface area contributed by atoms with Gasteiger partial charge in [-0.05, 0) is 35.0 Å². The van der Waals surface area contributed by atoms with Gasteiger partial charge in [-0.2, -0.15) is 9.98 Å². The highest BCUT2D eigenvalue weighted by Gasteiger charge is 2.36. The number of aromatic hydroxyl groups is 1. The van der Waals surface area contributed by atoms with Crippen molar-refractivity contribution in [3.8, 4) is 11.8 Å². The average molecular weight is 307 g/mol. The molecule has 1 aliphatic heterocycles. The molecule has 21 heavy (non-hydrogen) atoms. The fourth-order valence-electron chi connectivity index (χ4n) is 2.32. The van der Waals surface area contributed by atoms with Crippen LogP contribution in [0.1, 0.15) is 5.56 Å². The van der Waals surface area contributed by atoms with Gasteiger partial charge in [0.1, 0.15) is 17.7 Å². The number of hydrogen-bond acceptors (Lipinski definition) is 7. The van der Waals surface area contributed by atoms with Gasteiger partial charge in [-0.15, -0.1) is 0 Å². The van der Waals surface area contributed by atoms with Gasteiger partial charge in [0.25, 0.3) is 0 Å². The molecular weight excluding hydrogens is 294 g/mol. The van der Waals surface area contributed by atoms with Gasteiger partial charge in [0.05, 0.1) is 18.2 Å². The highest BCUT2D eigenvalue weighted by molar-refractivity contribution is 8.24. The molecule has 0 bridgehead atoms. The van der Waals surface area contributed by atoms with Crippen molar-refractivity contribution >= 4 is 27.4 Å². The number of nitrogens with one attached hydrogen (secondary N) is 1. The Morgan fingerprint density at radius 1 is 1.24 bits per heavy atom. The maximum Gasteiger partial charge on any atom is 0.142 e. The normalized spacial score (nSPS) is 22.2. The van der Waals surface area contributed by atoms with E-state index < -0.39 is 17.2 Å².